The molecule has 1 aromatic carbocycles. The molecule has 0 saturated carbocycles. The molecule has 0 amide bonds. The number of rotatable bonds is 4. The van der Waals surface area contributed by atoms with Crippen LogP contribution in [0.3, 0.4) is 0 Å². The fraction of sp³-hybridized carbons (Fsp3) is 0.455. The Morgan fingerprint density at radius 2 is 1.50 bits per heavy atom. The number of phenolic OH excluding ortho intramolecular Hbond substituents is 2. The molecule has 0 spiro atoms. The zero-order chi connectivity index (χ0) is 10.6. The quantitative estimate of drug-likeness (QED) is 0.641. The summed E-state index contributed by atoms with van der Waals surface area (Å²) in [5.74, 6) is -0.136. The van der Waals surface area contributed by atoms with E-state index in [-0.39, 0.29) is 18.1 Å². The maximum absolute atomic E-state index is 9.60. The van der Waals surface area contributed by atoms with Crippen molar-refractivity contribution in [2.75, 3.05) is 6.61 Å². The second-order valence-corrected chi connectivity index (χ2v) is 3.30. The SMILES string of the molecule is CCCc1ccc(CCO)c(O)c1O. The molecule has 0 bridgehead atoms. The van der Waals surface area contributed by atoms with Gasteiger partial charge in [-0.25, -0.2) is 0 Å². The van der Waals surface area contributed by atoms with Crippen molar-refractivity contribution >= 4 is 0 Å². The molecule has 1 aromatic rings. The lowest BCUT2D eigenvalue weighted by Gasteiger charge is -2.09. The molecule has 0 atom stereocenters. The highest BCUT2D eigenvalue weighted by Gasteiger charge is 2.10. The molecular weight excluding hydrogens is 180 g/mol. The summed E-state index contributed by atoms with van der Waals surface area (Å²) in [6, 6.07) is 3.54. The Morgan fingerprint density at radius 3 is 1.93 bits per heavy atom. The van der Waals surface area contributed by atoms with Crippen LogP contribution in [0.25, 0.3) is 0 Å². The van der Waals surface area contributed by atoms with Crippen molar-refractivity contribution in [1.29, 1.82) is 0 Å². The minimum Gasteiger partial charge on any atom is -0.504 e. The highest BCUT2D eigenvalue weighted by atomic mass is 16.3. The fourth-order valence-corrected chi connectivity index (χ4v) is 1.46. The Labute approximate surface area is 83.6 Å². The monoisotopic (exact) mass is 196 g/mol. The third-order valence-corrected chi connectivity index (χ3v) is 2.22. The van der Waals surface area contributed by atoms with Crippen molar-refractivity contribution in [2.45, 2.75) is 26.2 Å². The first-order chi connectivity index (χ1) is 6.70. The molecule has 1 rings (SSSR count). The van der Waals surface area contributed by atoms with Gasteiger partial charge in [-0.2, -0.15) is 0 Å². The number of hydrogen-bond donors (Lipinski definition) is 3. The van der Waals surface area contributed by atoms with Crippen LogP contribution in [0.15, 0.2) is 12.1 Å². The Morgan fingerprint density at radius 1 is 1.00 bits per heavy atom. The summed E-state index contributed by atoms with van der Waals surface area (Å²) in [6.45, 7) is 1.98. The molecule has 0 unspecified atom stereocenters. The van der Waals surface area contributed by atoms with E-state index in [1.807, 2.05) is 6.92 Å². The predicted octanol–water partition coefficient (Wildman–Crippen LogP) is 1.59. The third-order valence-electron chi connectivity index (χ3n) is 2.22. The van der Waals surface area contributed by atoms with Crippen molar-refractivity contribution < 1.29 is 15.3 Å². The largest absolute Gasteiger partial charge is 0.504 e. The lowest BCUT2D eigenvalue weighted by Crippen LogP contribution is -1.93. The fourth-order valence-electron chi connectivity index (χ4n) is 1.46. The lowest BCUT2D eigenvalue weighted by molar-refractivity contribution is 0.296. The zero-order valence-corrected chi connectivity index (χ0v) is 8.32. The molecule has 0 radical (unpaired) electrons. The van der Waals surface area contributed by atoms with Crippen molar-refractivity contribution in [3.8, 4) is 11.5 Å². The minimum atomic E-state index is -0.0926. The molecule has 0 saturated heterocycles. The molecule has 0 fully saturated rings. The summed E-state index contributed by atoms with van der Waals surface area (Å²) in [7, 11) is 0. The first-order valence-electron chi connectivity index (χ1n) is 4.84. The first-order valence-corrected chi connectivity index (χ1v) is 4.84. The van der Waals surface area contributed by atoms with Gasteiger partial charge in [-0.1, -0.05) is 25.5 Å². The molecule has 14 heavy (non-hydrogen) atoms. The standard InChI is InChI=1S/C11H16O3/c1-2-3-8-4-5-9(6-7-12)11(14)10(8)13/h4-5,12-14H,2-3,6-7H2,1H3. The van der Waals surface area contributed by atoms with Gasteiger partial charge in [-0.15, -0.1) is 0 Å². The van der Waals surface area contributed by atoms with Crippen LogP contribution in [0.1, 0.15) is 24.5 Å². The van der Waals surface area contributed by atoms with Gasteiger partial charge in [0.05, 0.1) is 0 Å². The highest BCUT2D eigenvalue weighted by molar-refractivity contribution is 5.50. The summed E-state index contributed by atoms with van der Waals surface area (Å²) in [5.41, 5.74) is 1.34. The van der Waals surface area contributed by atoms with Gasteiger partial charge in [0.15, 0.2) is 11.5 Å². The van der Waals surface area contributed by atoms with Gasteiger partial charge < -0.3 is 15.3 Å². The van der Waals surface area contributed by atoms with Crippen LogP contribution < -0.4 is 0 Å². The molecule has 0 aliphatic heterocycles. The summed E-state index contributed by atoms with van der Waals surface area (Å²) in [4.78, 5) is 0. The third kappa shape index (κ3) is 2.17. The van der Waals surface area contributed by atoms with E-state index in [0.29, 0.717) is 12.0 Å². The molecule has 0 heterocycles. The second-order valence-electron chi connectivity index (χ2n) is 3.30. The van der Waals surface area contributed by atoms with Crippen LogP contribution in [-0.4, -0.2) is 21.9 Å². The van der Waals surface area contributed by atoms with Crippen LogP contribution in [0, 0.1) is 0 Å². The first kappa shape index (κ1) is 10.9. The molecular formula is C11H16O3. The normalized spacial score (nSPS) is 10.4. The molecule has 0 aliphatic rings. The second kappa shape index (κ2) is 4.86. The summed E-state index contributed by atoms with van der Waals surface area (Å²) in [6.07, 6.45) is 2.04. The van der Waals surface area contributed by atoms with Crippen LogP contribution in [0.5, 0.6) is 11.5 Å². The Hall–Kier alpha value is -1.22. The number of hydrogen-bond acceptors (Lipinski definition) is 3. The van der Waals surface area contributed by atoms with E-state index in [2.05, 4.69) is 0 Å². The Balaban J connectivity index is 2.99. The van der Waals surface area contributed by atoms with Gasteiger partial charge >= 0.3 is 0 Å². The van der Waals surface area contributed by atoms with Crippen molar-refractivity contribution in [1.82, 2.24) is 0 Å². The van der Waals surface area contributed by atoms with E-state index in [9.17, 15) is 10.2 Å². The Bertz CT molecular complexity index is 277. The van der Waals surface area contributed by atoms with E-state index in [1.165, 1.54) is 0 Å². The van der Waals surface area contributed by atoms with Crippen molar-refractivity contribution in [2.24, 2.45) is 0 Å². The van der Waals surface area contributed by atoms with E-state index in [4.69, 9.17) is 5.11 Å². The van der Waals surface area contributed by atoms with E-state index in [1.54, 1.807) is 12.1 Å². The molecule has 0 aromatic heterocycles. The smallest absolute Gasteiger partial charge is 0.161 e. The van der Waals surface area contributed by atoms with Gasteiger partial charge in [-0.3, -0.25) is 0 Å². The lowest BCUT2D eigenvalue weighted by atomic mass is 10.0. The summed E-state index contributed by atoms with van der Waals surface area (Å²) < 4.78 is 0. The van der Waals surface area contributed by atoms with E-state index < -0.39 is 0 Å². The minimum absolute atomic E-state index is 0.0277. The molecule has 3 nitrogen and oxygen atoms in total. The van der Waals surface area contributed by atoms with Crippen LogP contribution >= 0.6 is 0 Å². The number of aliphatic hydroxyl groups excluding tert-OH is 1. The number of aromatic hydroxyl groups is 2. The van der Waals surface area contributed by atoms with Crippen LogP contribution in [0.4, 0.5) is 0 Å². The van der Waals surface area contributed by atoms with E-state index in [0.717, 1.165) is 18.4 Å². The van der Waals surface area contributed by atoms with Crippen molar-refractivity contribution in [3.05, 3.63) is 23.3 Å². The molecule has 3 heteroatoms. The van der Waals surface area contributed by atoms with Gasteiger partial charge in [-0.05, 0) is 18.4 Å². The van der Waals surface area contributed by atoms with Gasteiger partial charge in [0.25, 0.3) is 0 Å². The van der Waals surface area contributed by atoms with Gasteiger partial charge in [0.2, 0.25) is 0 Å². The molecule has 78 valence electrons. The number of aliphatic hydroxyl groups is 1. The number of benzene rings is 1. The van der Waals surface area contributed by atoms with Crippen molar-refractivity contribution in [3.63, 3.8) is 0 Å². The number of aryl methyl sites for hydroxylation is 1. The molecule has 0 aliphatic carbocycles. The zero-order valence-electron chi connectivity index (χ0n) is 8.32. The average molecular weight is 196 g/mol. The predicted molar refractivity (Wildman–Crippen MR) is 54.6 cm³/mol. The highest BCUT2D eigenvalue weighted by Crippen LogP contribution is 2.33. The summed E-state index contributed by atoms with van der Waals surface area (Å²) >= 11 is 0. The van der Waals surface area contributed by atoms with Crippen LogP contribution in [-0.2, 0) is 12.8 Å². The van der Waals surface area contributed by atoms with Gasteiger partial charge in [0.1, 0.15) is 0 Å². The Kier molecular flexibility index (Phi) is 3.77. The topological polar surface area (TPSA) is 60.7 Å². The average Bonchev–Trinajstić information content (AvgIpc) is 2.18. The maximum Gasteiger partial charge on any atom is 0.161 e. The van der Waals surface area contributed by atoms with Crippen LogP contribution in [0.2, 0.25) is 0 Å². The molecule has 3 N–H and O–H groups in total. The van der Waals surface area contributed by atoms with E-state index >= 15 is 0 Å². The summed E-state index contributed by atoms with van der Waals surface area (Å²) in [5, 5.41) is 27.9. The maximum atomic E-state index is 9.60. The van der Waals surface area contributed by atoms with Gasteiger partial charge in [0, 0.05) is 12.2 Å². The number of phenols is 2.